The SMILES string of the molecule is CCC[C@@H](N)c1cccc(-c2cc(COc3ccccc3CC(=O)O)cc(-c3cnn(C)c3)c2)c1F. The highest BCUT2D eigenvalue weighted by atomic mass is 19.1. The predicted octanol–water partition coefficient (Wildman–Crippen LogP) is 5.90. The van der Waals surface area contributed by atoms with Crippen LogP contribution in [0.3, 0.4) is 0 Å². The van der Waals surface area contributed by atoms with Gasteiger partial charge in [-0.05, 0) is 47.4 Å². The van der Waals surface area contributed by atoms with E-state index in [0.29, 0.717) is 34.4 Å². The van der Waals surface area contributed by atoms with Crippen molar-refractivity contribution in [3.63, 3.8) is 0 Å². The summed E-state index contributed by atoms with van der Waals surface area (Å²) in [6.07, 6.45) is 5.09. The number of aryl methyl sites for hydroxylation is 1. The van der Waals surface area contributed by atoms with E-state index in [1.54, 1.807) is 47.3 Å². The van der Waals surface area contributed by atoms with Crippen LogP contribution in [0.2, 0.25) is 0 Å². The van der Waals surface area contributed by atoms with Crippen molar-refractivity contribution in [3.05, 3.63) is 95.6 Å². The average molecular weight is 488 g/mol. The van der Waals surface area contributed by atoms with Crippen LogP contribution >= 0.6 is 0 Å². The number of aliphatic carboxylic acids is 1. The van der Waals surface area contributed by atoms with Crippen LogP contribution in [0.5, 0.6) is 5.75 Å². The minimum absolute atomic E-state index is 0.132. The molecule has 0 aliphatic rings. The monoisotopic (exact) mass is 487 g/mol. The van der Waals surface area contributed by atoms with E-state index in [0.717, 1.165) is 23.1 Å². The quantitative estimate of drug-likeness (QED) is 0.291. The van der Waals surface area contributed by atoms with Gasteiger partial charge in [0.05, 0.1) is 12.6 Å². The van der Waals surface area contributed by atoms with Crippen LogP contribution in [-0.4, -0.2) is 20.9 Å². The Morgan fingerprint density at radius 1 is 1.11 bits per heavy atom. The van der Waals surface area contributed by atoms with E-state index in [2.05, 4.69) is 5.10 Å². The van der Waals surface area contributed by atoms with Crippen molar-refractivity contribution < 1.29 is 19.0 Å². The third kappa shape index (κ3) is 5.80. The Kier molecular flexibility index (Phi) is 7.80. The van der Waals surface area contributed by atoms with Crippen LogP contribution in [0.25, 0.3) is 22.3 Å². The number of para-hydroxylation sites is 1. The van der Waals surface area contributed by atoms with Gasteiger partial charge in [-0.1, -0.05) is 49.7 Å². The summed E-state index contributed by atoms with van der Waals surface area (Å²) < 4.78 is 23.4. The van der Waals surface area contributed by atoms with E-state index in [9.17, 15) is 9.90 Å². The molecule has 36 heavy (non-hydrogen) atoms. The van der Waals surface area contributed by atoms with Crippen LogP contribution in [0.15, 0.2) is 73.1 Å². The Morgan fingerprint density at radius 2 is 1.89 bits per heavy atom. The largest absolute Gasteiger partial charge is 0.489 e. The minimum atomic E-state index is -0.927. The molecule has 4 aromatic rings. The summed E-state index contributed by atoms with van der Waals surface area (Å²) >= 11 is 0. The van der Waals surface area contributed by atoms with Gasteiger partial charge < -0.3 is 15.6 Å². The summed E-state index contributed by atoms with van der Waals surface area (Å²) in [7, 11) is 1.84. The number of ether oxygens (including phenoxy) is 1. The first-order valence-electron chi connectivity index (χ1n) is 12.0. The van der Waals surface area contributed by atoms with Gasteiger partial charge in [-0.15, -0.1) is 0 Å². The van der Waals surface area contributed by atoms with E-state index in [1.165, 1.54) is 0 Å². The molecule has 1 heterocycles. The molecular weight excluding hydrogens is 457 g/mol. The number of halogens is 1. The van der Waals surface area contributed by atoms with Gasteiger partial charge in [0.15, 0.2) is 0 Å². The molecule has 3 aromatic carbocycles. The van der Waals surface area contributed by atoms with E-state index in [1.807, 2.05) is 44.4 Å². The number of carboxylic acid groups (broad SMARTS) is 1. The number of hydrogen-bond acceptors (Lipinski definition) is 4. The molecule has 0 saturated carbocycles. The second-order valence-corrected chi connectivity index (χ2v) is 8.89. The molecule has 0 amide bonds. The highest BCUT2D eigenvalue weighted by molar-refractivity contribution is 5.74. The van der Waals surface area contributed by atoms with Crippen LogP contribution in [0.1, 0.15) is 42.5 Å². The molecule has 0 bridgehead atoms. The molecule has 186 valence electrons. The summed E-state index contributed by atoms with van der Waals surface area (Å²) in [5, 5.41) is 13.5. The van der Waals surface area contributed by atoms with Crippen LogP contribution < -0.4 is 10.5 Å². The molecule has 7 heteroatoms. The molecule has 1 atom stereocenters. The zero-order valence-electron chi connectivity index (χ0n) is 20.4. The number of hydrogen-bond donors (Lipinski definition) is 2. The number of nitrogens with zero attached hydrogens (tertiary/aromatic N) is 2. The summed E-state index contributed by atoms with van der Waals surface area (Å²) in [6.45, 7) is 2.22. The van der Waals surface area contributed by atoms with Crippen molar-refractivity contribution in [2.75, 3.05) is 0 Å². The molecule has 0 aliphatic heterocycles. The van der Waals surface area contributed by atoms with Crippen LogP contribution in [0, 0.1) is 5.82 Å². The first-order chi connectivity index (χ1) is 17.4. The van der Waals surface area contributed by atoms with E-state index in [-0.39, 0.29) is 24.9 Å². The van der Waals surface area contributed by atoms with Crippen molar-refractivity contribution in [2.45, 2.75) is 38.8 Å². The Bertz CT molecular complexity index is 1370. The van der Waals surface area contributed by atoms with E-state index in [4.69, 9.17) is 10.5 Å². The maximum atomic E-state index is 15.6. The first-order valence-corrected chi connectivity index (χ1v) is 12.0. The Morgan fingerprint density at radius 3 is 2.61 bits per heavy atom. The lowest BCUT2D eigenvalue weighted by molar-refractivity contribution is -0.136. The average Bonchev–Trinajstić information content (AvgIpc) is 3.29. The smallest absolute Gasteiger partial charge is 0.307 e. The van der Waals surface area contributed by atoms with Crippen LogP contribution in [-0.2, 0) is 24.9 Å². The Labute approximate surface area is 210 Å². The number of carboxylic acids is 1. The number of nitrogens with two attached hydrogens (primary N) is 1. The molecular formula is C29H30FN3O3. The third-order valence-electron chi connectivity index (χ3n) is 6.08. The zero-order valence-corrected chi connectivity index (χ0v) is 20.4. The summed E-state index contributed by atoms with van der Waals surface area (Å²) in [5.41, 5.74) is 11.1. The fraction of sp³-hybridized carbons (Fsp3) is 0.241. The van der Waals surface area contributed by atoms with Crippen LogP contribution in [0.4, 0.5) is 4.39 Å². The molecule has 0 saturated heterocycles. The van der Waals surface area contributed by atoms with Crippen molar-refractivity contribution >= 4 is 5.97 Å². The molecule has 0 aliphatic carbocycles. The number of carbonyl (C=O) groups is 1. The molecule has 3 N–H and O–H groups in total. The van der Waals surface area contributed by atoms with Crippen molar-refractivity contribution in [1.29, 1.82) is 0 Å². The molecule has 6 nitrogen and oxygen atoms in total. The van der Waals surface area contributed by atoms with Gasteiger partial charge in [0.1, 0.15) is 18.2 Å². The van der Waals surface area contributed by atoms with Gasteiger partial charge >= 0.3 is 5.97 Å². The van der Waals surface area contributed by atoms with E-state index >= 15 is 4.39 Å². The highest BCUT2D eigenvalue weighted by Gasteiger charge is 2.17. The lowest BCUT2D eigenvalue weighted by atomic mass is 9.93. The topological polar surface area (TPSA) is 90.4 Å². The Balaban J connectivity index is 1.73. The number of benzene rings is 3. The number of aromatic nitrogens is 2. The zero-order chi connectivity index (χ0) is 25.7. The lowest BCUT2D eigenvalue weighted by Gasteiger charge is -2.16. The fourth-order valence-corrected chi connectivity index (χ4v) is 4.31. The molecule has 0 unspecified atom stereocenters. The standard InChI is InChI=1S/C29H30FN3O3/c1-3-7-26(31)25-10-6-9-24(29(25)30)22-13-19(12-21(14-22)23-16-32-33(2)17-23)18-36-27-11-5-4-8-20(27)15-28(34)35/h4-6,8-14,16-17,26H,3,7,15,18,31H2,1-2H3,(H,34,35)/t26-/m1/s1. The predicted molar refractivity (Wildman–Crippen MR) is 138 cm³/mol. The van der Waals surface area contributed by atoms with Gasteiger partial charge in [-0.3, -0.25) is 9.48 Å². The second-order valence-electron chi connectivity index (χ2n) is 8.89. The summed E-state index contributed by atoms with van der Waals surface area (Å²) in [4.78, 5) is 11.2. The maximum Gasteiger partial charge on any atom is 0.307 e. The second kappa shape index (κ2) is 11.2. The fourth-order valence-electron chi connectivity index (χ4n) is 4.31. The highest BCUT2D eigenvalue weighted by Crippen LogP contribution is 2.33. The van der Waals surface area contributed by atoms with Gasteiger partial charge in [-0.2, -0.15) is 5.10 Å². The van der Waals surface area contributed by atoms with Crippen molar-refractivity contribution in [2.24, 2.45) is 12.8 Å². The third-order valence-corrected chi connectivity index (χ3v) is 6.08. The molecule has 4 rings (SSSR count). The normalized spacial score (nSPS) is 11.9. The molecule has 1 aromatic heterocycles. The number of rotatable bonds is 10. The van der Waals surface area contributed by atoms with Gasteiger partial charge in [0.25, 0.3) is 0 Å². The maximum absolute atomic E-state index is 15.6. The summed E-state index contributed by atoms with van der Waals surface area (Å²) in [6, 6.07) is 17.8. The van der Waals surface area contributed by atoms with Gasteiger partial charge in [0, 0.05) is 41.5 Å². The van der Waals surface area contributed by atoms with Gasteiger partial charge in [-0.25, -0.2) is 4.39 Å². The summed E-state index contributed by atoms with van der Waals surface area (Å²) in [5.74, 6) is -0.740. The molecule has 0 spiro atoms. The van der Waals surface area contributed by atoms with Crippen molar-refractivity contribution in [1.82, 2.24) is 9.78 Å². The lowest BCUT2D eigenvalue weighted by Crippen LogP contribution is -2.12. The molecule has 0 fully saturated rings. The minimum Gasteiger partial charge on any atom is -0.489 e. The Hall–Kier alpha value is -3.97. The van der Waals surface area contributed by atoms with Gasteiger partial charge in [0.2, 0.25) is 0 Å². The van der Waals surface area contributed by atoms with E-state index < -0.39 is 5.97 Å². The molecule has 0 radical (unpaired) electrons. The van der Waals surface area contributed by atoms with Crippen molar-refractivity contribution in [3.8, 4) is 28.0 Å². The first kappa shape index (κ1) is 25.1.